The second-order valence-corrected chi connectivity index (χ2v) is 6.84. The largest absolute Gasteiger partial charge is 0.417 e. The van der Waals surface area contributed by atoms with Crippen molar-refractivity contribution in [3.8, 4) is 0 Å². The van der Waals surface area contributed by atoms with Gasteiger partial charge in [-0.1, -0.05) is 12.1 Å². The van der Waals surface area contributed by atoms with E-state index in [0.29, 0.717) is 6.54 Å². The Balaban J connectivity index is 2.27. The molecule has 1 aromatic carbocycles. The Labute approximate surface area is 121 Å². The molecular formula is C13H17F3N2O2S. The van der Waals surface area contributed by atoms with Crippen LogP contribution in [0.1, 0.15) is 18.9 Å². The monoisotopic (exact) mass is 322 g/mol. The lowest BCUT2D eigenvalue weighted by molar-refractivity contribution is -0.139. The highest BCUT2D eigenvalue weighted by Crippen LogP contribution is 2.34. The van der Waals surface area contributed by atoms with Crippen LogP contribution in [0.25, 0.3) is 0 Å². The van der Waals surface area contributed by atoms with Crippen molar-refractivity contribution in [3.05, 3.63) is 29.8 Å². The molecule has 1 saturated heterocycles. The van der Waals surface area contributed by atoms with E-state index in [2.05, 4.69) is 10.0 Å². The molecule has 0 aromatic heterocycles. The standard InChI is InChI=1S/C13H17F3N2O2S/c1-9(10-6-7-17-8-10)18-21(19,20)12-5-3-2-4-11(12)13(14,15)16/h2-5,9-10,17-18H,6-8H2,1H3. The average Bonchev–Trinajstić information content (AvgIpc) is 2.91. The van der Waals surface area contributed by atoms with Crippen molar-refractivity contribution in [1.82, 2.24) is 10.0 Å². The van der Waals surface area contributed by atoms with E-state index in [1.165, 1.54) is 12.1 Å². The zero-order valence-corrected chi connectivity index (χ0v) is 12.3. The Morgan fingerprint density at radius 3 is 2.57 bits per heavy atom. The summed E-state index contributed by atoms with van der Waals surface area (Å²) in [6, 6.07) is 3.78. The Bertz CT molecular complexity index is 596. The van der Waals surface area contributed by atoms with Crippen LogP contribution in [-0.4, -0.2) is 27.5 Å². The van der Waals surface area contributed by atoms with E-state index in [-0.39, 0.29) is 5.92 Å². The first-order chi connectivity index (χ1) is 9.72. The van der Waals surface area contributed by atoms with Gasteiger partial charge in [0.15, 0.2) is 0 Å². The van der Waals surface area contributed by atoms with Gasteiger partial charge in [-0.25, -0.2) is 13.1 Å². The molecule has 2 N–H and O–H groups in total. The number of halogens is 3. The van der Waals surface area contributed by atoms with Crippen molar-refractivity contribution in [1.29, 1.82) is 0 Å². The summed E-state index contributed by atoms with van der Waals surface area (Å²) in [5, 5.41) is 3.10. The lowest BCUT2D eigenvalue weighted by atomic mass is 10.0. The Kier molecular flexibility index (Phi) is 4.60. The van der Waals surface area contributed by atoms with Crippen molar-refractivity contribution < 1.29 is 21.6 Å². The van der Waals surface area contributed by atoms with Crippen molar-refractivity contribution in [2.75, 3.05) is 13.1 Å². The second-order valence-electron chi connectivity index (χ2n) is 5.16. The van der Waals surface area contributed by atoms with Gasteiger partial charge in [-0.2, -0.15) is 13.2 Å². The summed E-state index contributed by atoms with van der Waals surface area (Å²) in [4.78, 5) is -0.727. The summed E-state index contributed by atoms with van der Waals surface area (Å²) in [6.45, 7) is 3.12. The normalized spacial score (nSPS) is 21.4. The minimum atomic E-state index is -4.70. The molecule has 2 unspecified atom stereocenters. The van der Waals surface area contributed by atoms with Gasteiger partial charge >= 0.3 is 6.18 Å². The summed E-state index contributed by atoms with van der Waals surface area (Å²) in [5.41, 5.74) is -1.14. The predicted molar refractivity (Wildman–Crippen MR) is 72.2 cm³/mol. The van der Waals surface area contributed by atoms with Crippen LogP contribution in [0.5, 0.6) is 0 Å². The van der Waals surface area contributed by atoms with Crippen LogP contribution >= 0.6 is 0 Å². The zero-order chi connectivity index (χ0) is 15.7. The predicted octanol–water partition coefficient (Wildman–Crippen LogP) is 1.98. The van der Waals surface area contributed by atoms with Crippen molar-refractivity contribution in [2.45, 2.75) is 30.5 Å². The van der Waals surface area contributed by atoms with Crippen LogP contribution in [0.15, 0.2) is 29.2 Å². The number of alkyl halides is 3. The lowest BCUT2D eigenvalue weighted by Crippen LogP contribution is -2.39. The molecule has 1 aliphatic heterocycles. The molecular weight excluding hydrogens is 305 g/mol. The van der Waals surface area contributed by atoms with E-state index in [4.69, 9.17) is 0 Å². The van der Waals surface area contributed by atoms with Crippen molar-refractivity contribution in [2.24, 2.45) is 5.92 Å². The van der Waals surface area contributed by atoms with Crippen LogP contribution in [0.2, 0.25) is 0 Å². The zero-order valence-electron chi connectivity index (χ0n) is 11.4. The molecule has 1 aliphatic rings. The minimum Gasteiger partial charge on any atom is -0.316 e. The Morgan fingerprint density at radius 2 is 2.00 bits per heavy atom. The van der Waals surface area contributed by atoms with E-state index < -0.39 is 32.7 Å². The lowest BCUT2D eigenvalue weighted by Gasteiger charge is -2.21. The van der Waals surface area contributed by atoms with Gasteiger partial charge in [0.25, 0.3) is 0 Å². The van der Waals surface area contributed by atoms with Crippen LogP contribution in [0, 0.1) is 5.92 Å². The number of benzene rings is 1. The average molecular weight is 322 g/mol. The minimum absolute atomic E-state index is 0.0813. The highest BCUT2D eigenvalue weighted by Gasteiger charge is 2.37. The summed E-state index contributed by atoms with van der Waals surface area (Å²) >= 11 is 0. The summed E-state index contributed by atoms with van der Waals surface area (Å²) < 4.78 is 65.6. The molecule has 2 atom stereocenters. The maximum absolute atomic E-state index is 12.9. The summed E-state index contributed by atoms with van der Waals surface area (Å²) in [7, 11) is -4.21. The maximum atomic E-state index is 12.9. The van der Waals surface area contributed by atoms with Gasteiger partial charge in [-0.05, 0) is 44.5 Å². The molecule has 118 valence electrons. The van der Waals surface area contributed by atoms with Gasteiger partial charge in [-0.3, -0.25) is 0 Å². The van der Waals surface area contributed by atoms with Crippen LogP contribution in [0.4, 0.5) is 13.2 Å². The third kappa shape index (κ3) is 3.75. The molecule has 21 heavy (non-hydrogen) atoms. The van der Waals surface area contributed by atoms with Gasteiger partial charge in [0, 0.05) is 6.04 Å². The number of rotatable bonds is 4. The molecule has 4 nitrogen and oxygen atoms in total. The molecule has 8 heteroatoms. The molecule has 1 heterocycles. The first kappa shape index (κ1) is 16.3. The van der Waals surface area contributed by atoms with Crippen LogP contribution in [-0.2, 0) is 16.2 Å². The quantitative estimate of drug-likeness (QED) is 0.891. The summed E-state index contributed by atoms with van der Waals surface area (Å²) in [5.74, 6) is 0.0813. The second kappa shape index (κ2) is 5.94. The highest BCUT2D eigenvalue weighted by atomic mass is 32.2. The molecule has 1 fully saturated rings. The molecule has 0 radical (unpaired) electrons. The number of sulfonamides is 1. The molecule has 0 saturated carbocycles. The van der Waals surface area contributed by atoms with E-state index in [9.17, 15) is 21.6 Å². The summed E-state index contributed by atoms with van der Waals surface area (Å²) in [6.07, 6.45) is -3.91. The molecule has 0 amide bonds. The Hall–Kier alpha value is -1.12. The number of hydrogen-bond acceptors (Lipinski definition) is 3. The molecule has 0 aliphatic carbocycles. The third-order valence-electron chi connectivity index (χ3n) is 3.63. The van der Waals surface area contributed by atoms with Gasteiger partial charge < -0.3 is 5.32 Å². The SMILES string of the molecule is CC(NS(=O)(=O)c1ccccc1C(F)(F)F)C1CCNC1. The highest BCUT2D eigenvalue weighted by molar-refractivity contribution is 7.89. The van der Waals surface area contributed by atoms with E-state index in [1.54, 1.807) is 6.92 Å². The third-order valence-corrected chi connectivity index (χ3v) is 5.25. The first-order valence-corrected chi connectivity index (χ1v) is 8.09. The van der Waals surface area contributed by atoms with E-state index in [1.807, 2.05) is 0 Å². The fraction of sp³-hybridized carbons (Fsp3) is 0.538. The smallest absolute Gasteiger partial charge is 0.316 e. The van der Waals surface area contributed by atoms with Gasteiger partial charge in [0.05, 0.1) is 10.5 Å². The van der Waals surface area contributed by atoms with E-state index in [0.717, 1.165) is 25.1 Å². The molecule has 0 bridgehead atoms. The number of nitrogens with one attached hydrogen (secondary N) is 2. The fourth-order valence-corrected chi connectivity index (χ4v) is 3.98. The molecule has 0 spiro atoms. The van der Waals surface area contributed by atoms with Crippen molar-refractivity contribution in [3.63, 3.8) is 0 Å². The van der Waals surface area contributed by atoms with Crippen LogP contribution in [0.3, 0.4) is 0 Å². The number of hydrogen-bond donors (Lipinski definition) is 2. The first-order valence-electron chi connectivity index (χ1n) is 6.61. The maximum Gasteiger partial charge on any atom is 0.417 e. The Morgan fingerprint density at radius 1 is 1.33 bits per heavy atom. The molecule has 1 aromatic rings. The van der Waals surface area contributed by atoms with E-state index >= 15 is 0 Å². The van der Waals surface area contributed by atoms with Crippen molar-refractivity contribution >= 4 is 10.0 Å². The molecule has 2 rings (SSSR count). The van der Waals surface area contributed by atoms with Gasteiger partial charge in [0.1, 0.15) is 0 Å². The fourth-order valence-electron chi connectivity index (χ4n) is 2.44. The van der Waals surface area contributed by atoms with Gasteiger partial charge in [0.2, 0.25) is 10.0 Å². The van der Waals surface area contributed by atoms with Gasteiger partial charge in [-0.15, -0.1) is 0 Å². The van der Waals surface area contributed by atoms with Crippen LogP contribution < -0.4 is 10.0 Å². The topological polar surface area (TPSA) is 58.2 Å².